The SMILES string of the molecule is COCCOCC(O)COc1ccc([C@H](C)O)c(F)c1. The summed E-state index contributed by atoms with van der Waals surface area (Å²) in [4.78, 5) is 0. The molecule has 0 spiro atoms. The van der Waals surface area contributed by atoms with Crippen LogP contribution in [0.4, 0.5) is 4.39 Å². The lowest BCUT2D eigenvalue weighted by molar-refractivity contribution is -0.00424. The van der Waals surface area contributed by atoms with Crippen LogP contribution in [0.1, 0.15) is 18.6 Å². The Morgan fingerprint density at radius 2 is 1.95 bits per heavy atom. The van der Waals surface area contributed by atoms with Gasteiger partial charge in [-0.15, -0.1) is 0 Å². The smallest absolute Gasteiger partial charge is 0.132 e. The van der Waals surface area contributed by atoms with Gasteiger partial charge in [-0.25, -0.2) is 4.39 Å². The van der Waals surface area contributed by atoms with E-state index >= 15 is 0 Å². The number of methoxy groups -OCH3 is 1. The minimum absolute atomic E-state index is 0.000444. The Bertz CT molecular complexity index is 397. The van der Waals surface area contributed by atoms with E-state index in [1.54, 1.807) is 13.2 Å². The summed E-state index contributed by atoms with van der Waals surface area (Å²) in [5.41, 5.74) is 0.209. The highest BCUT2D eigenvalue weighted by molar-refractivity contribution is 5.30. The molecule has 0 bridgehead atoms. The second-order valence-corrected chi connectivity index (χ2v) is 4.39. The maximum absolute atomic E-state index is 13.6. The second kappa shape index (κ2) is 8.86. The Balaban J connectivity index is 2.36. The van der Waals surface area contributed by atoms with Crippen molar-refractivity contribution in [1.82, 2.24) is 0 Å². The molecule has 0 amide bonds. The molecule has 6 heteroatoms. The third-order valence-corrected chi connectivity index (χ3v) is 2.61. The van der Waals surface area contributed by atoms with Crippen molar-refractivity contribution in [3.8, 4) is 5.75 Å². The van der Waals surface area contributed by atoms with Gasteiger partial charge in [0.15, 0.2) is 0 Å². The van der Waals surface area contributed by atoms with E-state index in [4.69, 9.17) is 14.2 Å². The zero-order chi connectivity index (χ0) is 15.0. The molecule has 0 saturated heterocycles. The fraction of sp³-hybridized carbons (Fsp3) is 0.571. The molecule has 0 radical (unpaired) electrons. The molecule has 2 atom stereocenters. The fourth-order valence-corrected chi connectivity index (χ4v) is 1.54. The van der Waals surface area contributed by atoms with Crippen molar-refractivity contribution >= 4 is 0 Å². The van der Waals surface area contributed by atoms with Gasteiger partial charge in [-0.2, -0.15) is 0 Å². The predicted molar refractivity (Wildman–Crippen MR) is 71.2 cm³/mol. The van der Waals surface area contributed by atoms with Crippen LogP contribution < -0.4 is 4.74 Å². The van der Waals surface area contributed by atoms with Gasteiger partial charge in [-0.05, 0) is 19.1 Å². The van der Waals surface area contributed by atoms with Gasteiger partial charge in [-0.3, -0.25) is 0 Å². The van der Waals surface area contributed by atoms with E-state index in [0.29, 0.717) is 19.0 Å². The van der Waals surface area contributed by atoms with E-state index in [9.17, 15) is 14.6 Å². The van der Waals surface area contributed by atoms with Crippen LogP contribution >= 0.6 is 0 Å². The summed E-state index contributed by atoms with van der Waals surface area (Å²) in [5.74, 6) is -0.244. The third kappa shape index (κ3) is 5.83. The van der Waals surface area contributed by atoms with Gasteiger partial charge in [0.1, 0.15) is 24.3 Å². The standard InChI is InChI=1S/C14H21FO5/c1-10(16)13-4-3-12(7-14(13)15)20-9-11(17)8-19-6-5-18-2/h3-4,7,10-11,16-17H,5-6,8-9H2,1-2H3/t10-,11?/m0/s1. The van der Waals surface area contributed by atoms with Gasteiger partial charge >= 0.3 is 0 Å². The maximum atomic E-state index is 13.6. The molecule has 1 unspecified atom stereocenters. The summed E-state index contributed by atoms with van der Waals surface area (Å²) in [6.07, 6.45) is -1.67. The lowest BCUT2D eigenvalue weighted by atomic mass is 10.1. The number of halogens is 1. The molecular formula is C14H21FO5. The van der Waals surface area contributed by atoms with Gasteiger partial charge in [0.05, 0.1) is 25.9 Å². The third-order valence-electron chi connectivity index (χ3n) is 2.61. The minimum atomic E-state index is -0.871. The minimum Gasteiger partial charge on any atom is -0.491 e. The molecule has 0 aliphatic heterocycles. The average Bonchev–Trinajstić information content (AvgIpc) is 2.41. The maximum Gasteiger partial charge on any atom is 0.132 e. The summed E-state index contributed by atoms with van der Waals surface area (Å²) in [7, 11) is 1.56. The summed E-state index contributed by atoms with van der Waals surface area (Å²) in [5, 5.41) is 18.9. The number of ether oxygens (including phenoxy) is 3. The van der Waals surface area contributed by atoms with Crippen LogP contribution in [0.3, 0.4) is 0 Å². The van der Waals surface area contributed by atoms with Crippen LogP contribution in [0.2, 0.25) is 0 Å². The average molecular weight is 288 g/mol. The molecule has 1 aromatic carbocycles. The van der Waals surface area contributed by atoms with Crippen LogP contribution in [0.15, 0.2) is 18.2 Å². The van der Waals surface area contributed by atoms with Gasteiger partial charge in [0, 0.05) is 18.7 Å². The molecule has 0 fully saturated rings. The number of aliphatic hydroxyl groups excluding tert-OH is 2. The topological polar surface area (TPSA) is 68.2 Å². The lowest BCUT2D eigenvalue weighted by Gasteiger charge is -2.14. The molecule has 20 heavy (non-hydrogen) atoms. The summed E-state index contributed by atoms with van der Waals surface area (Å²) >= 11 is 0. The first-order valence-electron chi connectivity index (χ1n) is 6.39. The van der Waals surface area contributed by atoms with Crippen molar-refractivity contribution in [2.45, 2.75) is 19.1 Å². The fourth-order valence-electron chi connectivity index (χ4n) is 1.54. The van der Waals surface area contributed by atoms with Crippen molar-refractivity contribution in [2.24, 2.45) is 0 Å². The van der Waals surface area contributed by atoms with Crippen LogP contribution in [-0.4, -0.2) is 49.9 Å². The van der Waals surface area contributed by atoms with Gasteiger partial charge in [0.2, 0.25) is 0 Å². The number of aliphatic hydroxyl groups is 2. The van der Waals surface area contributed by atoms with Gasteiger partial charge in [-0.1, -0.05) is 0 Å². The highest BCUT2D eigenvalue weighted by Crippen LogP contribution is 2.21. The molecule has 0 aliphatic rings. The Morgan fingerprint density at radius 3 is 2.55 bits per heavy atom. The van der Waals surface area contributed by atoms with E-state index in [2.05, 4.69) is 0 Å². The molecule has 2 N–H and O–H groups in total. The first-order chi connectivity index (χ1) is 9.54. The first kappa shape index (κ1) is 16.8. The predicted octanol–water partition coefficient (Wildman–Crippen LogP) is 1.28. The van der Waals surface area contributed by atoms with Crippen molar-refractivity contribution in [1.29, 1.82) is 0 Å². The molecule has 0 heterocycles. The molecule has 1 aromatic rings. The van der Waals surface area contributed by atoms with Crippen LogP contribution in [0.25, 0.3) is 0 Å². The Kier molecular flexibility index (Phi) is 7.46. The zero-order valence-corrected chi connectivity index (χ0v) is 11.7. The van der Waals surface area contributed by atoms with Crippen molar-refractivity contribution in [2.75, 3.05) is 33.5 Å². The van der Waals surface area contributed by atoms with E-state index in [-0.39, 0.29) is 18.8 Å². The number of hydrogen-bond donors (Lipinski definition) is 2. The number of hydrogen-bond acceptors (Lipinski definition) is 5. The zero-order valence-electron chi connectivity index (χ0n) is 11.7. The monoisotopic (exact) mass is 288 g/mol. The Hall–Kier alpha value is -1.21. The largest absolute Gasteiger partial charge is 0.491 e. The normalized spacial score (nSPS) is 14.1. The van der Waals surface area contributed by atoms with Crippen LogP contribution in [-0.2, 0) is 9.47 Å². The van der Waals surface area contributed by atoms with E-state index < -0.39 is 18.0 Å². The Labute approximate surface area is 117 Å². The Morgan fingerprint density at radius 1 is 1.20 bits per heavy atom. The molecule has 0 aliphatic carbocycles. The van der Waals surface area contributed by atoms with Crippen molar-refractivity contribution in [3.05, 3.63) is 29.6 Å². The lowest BCUT2D eigenvalue weighted by Crippen LogP contribution is -2.24. The van der Waals surface area contributed by atoms with Gasteiger partial charge < -0.3 is 24.4 Å². The summed E-state index contributed by atoms with van der Waals surface area (Å²) in [6, 6.07) is 4.18. The summed E-state index contributed by atoms with van der Waals surface area (Å²) in [6.45, 7) is 2.46. The van der Waals surface area contributed by atoms with Crippen molar-refractivity contribution < 1.29 is 28.8 Å². The van der Waals surface area contributed by atoms with E-state index in [1.807, 2.05) is 0 Å². The van der Waals surface area contributed by atoms with Crippen LogP contribution in [0.5, 0.6) is 5.75 Å². The van der Waals surface area contributed by atoms with Crippen LogP contribution in [0, 0.1) is 5.82 Å². The first-order valence-corrected chi connectivity index (χ1v) is 6.39. The molecule has 114 valence electrons. The highest BCUT2D eigenvalue weighted by atomic mass is 19.1. The van der Waals surface area contributed by atoms with Gasteiger partial charge in [0.25, 0.3) is 0 Å². The number of benzene rings is 1. The molecular weight excluding hydrogens is 267 g/mol. The van der Waals surface area contributed by atoms with Crippen molar-refractivity contribution in [3.63, 3.8) is 0 Å². The molecule has 5 nitrogen and oxygen atoms in total. The highest BCUT2D eigenvalue weighted by Gasteiger charge is 2.10. The quantitative estimate of drug-likeness (QED) is 0.670. The number of rotatable bonds is 9. The molecule has 0 saturated carbocycles. The summed E-state index contributed by atoms with van der Waals surface area (Å²) < 4.78 is 28.8. The van der Waals surface area contributed by atoms with E-state index in [0.717, 1.165) is 0 Å². The molecule has 0 aromatic heterocycles. The van der Waals surface area contributed by atoms with E-state index in [1.165, 1.54) is 19.1 Å². The molecule has 1 rings (SSSR count). The second-order valence-electron chi connectivity index (χ2n) is 4.39.